The molecule has 2 aromatic carbocycles. The third-order valence-corrected chi connectivity index (χ3v) is 4.41. The molecule has 0 radical (unpaired) electrons. The Morgan fingerprint density at radius 2 is 1.62 bits per heavy atom. The van der Waals surface area contributed by atoms with Crippen molar-refractivity contribution < 1.29 is 4.63 Å². The van der Waals surface area contributed by atoms with E-state index in [2.05, 4.69) is 55.4 Å². The first-order chi connectivity index (χ1) is 9.95. The topological polar surface area (TPSA) is 64.9 Å². The van der Waals surface area contributed by atoms with Gasteiger partial charge in [-0.1, -0.05) is 44.7 Å². The lowest BCUT2D eigenvalue weighted by Gasteiger charge is -2.19. The number of fused-ring (bicyclic) bond motifs is 1. The van der Waals surface area contributed by atoms with Crippen LogP contribution in [0, 0.1) is 0 Å². The smallest absolute Gasteiger partial charge is 0.159 e. The maximum absolute atomic E-state index is 5.86. The summed E-state index contributed by atoms with van der Waals surface area (Å²) in [6.45, 7) is 6.62. The van der Waals surface area contributed by atoms with Crippen LogP contribution in [-0.2, 0) is 5.41 Å². The fourth-order valence-electron chi connectivity index (χ4n) is 2.10. The number of hydrogen-bond acceptors (Lipinski definition) is 5. The van der Waals surface area contributed by atoms with Crippen LogP contribution in [-0.4, -0.2) is 10.3 Å². The molecule has 3 aromatic rings. The van der Waals surface area contributed by atoms with Gasteiger partial charge in [-0.3, -0.25) is 0 Å². The number of nitrogens with two attached hydrogens (primary N) is 1. The van der Waals surface area contributed by atoms with Gasteiger partial charge >= 0.3 is 0 Å². The van der Waals surface area contributed by atoms with E-state index in [1.807, 2.05) is 12.1 Å². The van der Waals surface area contributed by atoms with Crippen LogP contribution in [0.1, 0.15) is 26.3 Å². The number of hydrogen-bond donors (Lipinski definition) is 1. The van der Waals surface area contributed by atoms with Crippen LogP contribution in [0.5, 0.6) is 0 Å². The quantitative estimate of drug-likeness (QED) is 0.716. The summed E-state index contributed by atoms with van der Waals surface area (Å²) in [7, 11) is 0. The first kappa shape index (κ1) is 13.9. The highest BCUT2D eigenvalue weighted by Gasteiger charge is 2.14. The Labute approximate surface area is 127 Å². The van der Waals surface area contributed by atoms with Gasteiger partial charge in [-0.15, -0.1) is 0 Å². The second-order valence-corrected chi connectivity index (χ2v) is 7.11. The van der Waals surface area contributed by atoms with E-state index in [9.17, 15) is 0 Å². The molecule has 1 aromatic heterocycles. The zero-order chi connectivity index (χ0) is 15.0. The molecule has 0 spiro atoms. The first-order valence-electron chi connectivity index (χ1n) is 6.74. The summed E-state index contributed by atoms with van der Waals surface area (Å²) < 4.78 is 4.79. The van der Waals surface area contributed by atoms with Gasteiger partial charge in [-0.05, 0) is 45.6 Å². The predicted molar refractivity (Wildman–Crippen MR) is 85.5 cm³/mol. The van der Waals surface area contributed by atoms with Crippen molar-refractivity contribution in [3.05, 3.63) is 42.0 Å². The van der Waals surface area contributed by atoms with Gasteiger partial charge in [0.2, 0.25) is 0 Å². The molecule has 3 rings (SSSR count). The Balaban J connectivity index is 1.92. The first-order valence-corrected chi connectivity index (χ1v) is 7.56. The Hall–Kier alpha value is -2.01. The highest BCUT2D eigenvalue weighted by atomic mass is 32.2. The molecule has 5 heteroatoms. The highest BCUT2D eigenvalue weighted by Crippen LogP contribution is 2.35. The van der Waals surface area contributed by atoms with Gasteiger partial charge in [-0.25, -0.2) is 4.63 Å². The Morgan fingerprint density at radius 1 is 0.952 bits per heavy atom. The fraction of sp³-hybridized carbons (Fsp3) is 0.250. The van der Waals surface area contributed by atoms with Gasteiger partial charge < -0.3 is 5.73 Å². The molecule has 2 N–H and O–H groups in total. The molecule has 0 aliphatic rings. The van der Waals surface area contributed by atoms with Crippen LogP contribution < -0.4 is 5.73 Å². The molecule has 0 aliphatic heterocycles. The Kier molecular flexibility index (Phi) is 3.37. The van der Waals surface area contributed by atoms with E-state index in [0.717, 1.165) is 9.79 Å². The number of nitrogen functional groups attached to an aromatic ring is 1. The largest absolute Gasteiger partial charge is 0.397 e. The zero-order valence-electron chi connectivity index (χ0n) is 12.3. The zero-order valence-corrected chi connectivity index (χ0v) is 13.1. The van der Waals surface area contributed by atoms with Gasteiger partial charge in [-0.2, -0.15) is 0 Å². The summed E-state index contributed by atoms with van der Waals surface area (Å²) >= 11 is 1.63. The standard InChI is InChI=1S/C16H17N3OS/c1-16(2,3)10-4-6-11(7-5-10)21-13-9-8-12(17)14-15(13)19-20-18-14/h4-9H,17H2,1-3H3. The van der Waals surface area contributed by atoms with E-state index in [1.165, 1.54) is 5.56 Å². The SMILES string of the molecule is CC(C)(C)c1ccc(Sc2ccc(N)c3nonc23)cc1. The minimum absolute atomic E-state index is 0.160. The molecule has 0 amide bonds. The second-order valence-electron chi connectivity index (χ2n) is 5.99. The van der Waals surface area contributed by atoms with Crippen LogP contribution >= 0.6 is 11.8 Å². The summed E-state index contributed by atoms with van der Waals surface area (Å²) in [5.41, 5.74) is 9.24. The van der Waals surface area contributed by atoms with Gasteiger partial charge in [0.1, 0.15) is 0 Å². The Morgan fingerprint density at radius 3 is 2.29 bits per heavy atom. The van der Waals surface area contributed by atoms with Crippen molar-refractivity contribution in [2.45, 2.75) is 36.0 Å². The molecule has 108 valence electrons. The molecule has 0 aliphatic carbocycles. The van der Waals surface area contributed by atoms with Crippen molar-refractivity contribution in [3.63, 3.8) is 0 Å². The lowest BCUT2D eigenvalue weighted by atomic mass is 9.87. The van der Waals surface area contributed by atoms with Gasteiger partial charge in [0.15, 0.2) is 11.0 Å². The Bertz CT molecular complexity index is 772. The molecule has 1 heterocycles. The molecule has 0 bridgehead atoms. The summed E-state index contributed by atoms with van der Waals surface area (Å²) in [5, 5.41) is 7.79. The molecule has 4 nitrogen and oxygen atoms in total. The minimum Gasteiger partial charge on any atom is -0.397 e. The average Bonchev–Trinajstić information content (AvgIpc) is 2.92. The lowest BCUT2D eigenvalue weighted by Crippen LogP contribution is -2.10. The third-order valence-electron chi connectivity index (χ3n) is 3.36. The number of aromatic nitrogens is 2. The number of anilines is 1. The van der Waals surface area contributed by atoms with Crippen LogP contribution in [0.3, 0.4) is 0 Å². The van der Waals surface area contributed by atoms with Crippen LogP contribution in [0.2, 0.25) is 0 Å². The van der Waals surface area contributed by atoms with Crippen molar-refractivity contribution in [2.24, 2.45) is 0 Å². The number of nitrogens with zero attached hydrogens (tertiary/aromatic N) is 2. The van der Waals surface area contributed by atoms with Gasteiger partial charge in [0, 0.05) is 9.79 Å². The van der Waals surface area contributed by atoms with E-state index < -0.39 is 0 Å². The van der Waals surface area contributed by atoms with Crippen molar-refractivity contribution in [1.82, 2.24) is 10.3 Å². The van der Waals surface area contributed by atoms with Crippen molar-refractivity contribution in [3.8, 4) is 0 Å². The molecule has 0 saturated carbocycles. The monoisotopic (exact) mass is 299 g/mol. The molecule has 0 saturated heterocycles. The summed E-state index contributed by atoms with van der Waals surface area (Å²) in [6.07, 6.45) is 0. The maximum atomic E-state index is 5.86. The van der Waals surface area contributed by atoms with E-state index >= 15 is 0 Å². The third kappa shape index (κ3) is 2.74. The molecular formula is C16H17N3OS. The van der Waals surface area contributed by atoms with E-state index in [0.29, 0.717) is 16.7 Å². The van der Waals surface area contributed by atoms with Crippen LogP contribution in [0.15, 0.2) is 50.8 Å². The van der Waals surface area contributed by atoms with E-state index in [1.54, 1.807) is 11.8 Å². The predicted octanol–water partition coefficient (Wildman–Crippen LogP) is 4.25. The minimum atomic E-state index is 0.160. The van der Waals surface area contributed by atoms with Gasteiger partial charge in [0.05, 0.1) is 5.69 Å². The molecular weight excluding hydrogens is 282 g/mol. The van der Waals surface area contributed by atoms with Crippen molar-refractivity contribution in [1.29, 1.82) is 0 Å². The molecule has 0 atom stereocenters. The highest BCUT2D eigenvalue weighted by molar-refractivity contribution is 7.99. The maximum Gasteiger partial charge on any atom is 0.159 e. The van der Waals surface area contributed by atoms with Gasteiger partial charge in [0.25, 0.3) is 0 Å². The van der Waals surface area contributed by atoms with Crippen molar-refractivity contribution >= 4 is 28.5 Å². The number of benzene rings is 2. The molecule has 21 heavy (non-hydrogen) atoms. The van der Waals surface area contributed by atoms with Crippen LogP contribution in [0.4, 0.5) is 5.69 Å². The number of rotatable bonds is 2. The normalized spacial score (nSPS) is 12.0. The molecule has 0 unspecified atom stereocenters. The summed E-state index contributed by atoms with van der Waals surface area (Å²) in [5.74, 6) is 0. The summed E-state index contributed by atoms with van der Waals surface area (Å²) in [6, 6.07) is 12.4. The summed E-state index contributed by atoms with van der Waals surface area (Å²) in [4.78, 5) is 2.14. The average molecular weight is 299 g/mol. The van der Waals surface area contributed by atoms with E-state index in [4.69, 9.17) is 10.4 Å². The second kappa shape index (κ2) is 5.07. The fourth-order valence-corrected chi connectivity index (χ4v) is 2.99. The van der Waals surface area contributed by atoms with Crippen LogP contribution in [0.25, 0.3) is 11.0 Å². The lowest BCUT2D eigenvalue weighted by molar-refractivity contribution is 0.315. The van der Waals surface area contributed by atoms with Crippen molar-refractivity contribution in [2.75, 3.05) is 5.73 Å². The molecule has 0 fully saturated rings. The van der Waals surface area contributed by atoms with E-state index in [-0.39, 0.29) is 5.41 Å².